The number of rotatable bonds is 5. The highest BCUT2D eigenvalue weighted by Crippen LogP contribution is 2.21. The van der Waals surface area contributed by atoms with Gasteiger partial charge in [0.2, 0.25) is 5.91 Å². The quantitative estimate of drug-likeness (QED) is 0.870. The van der Waals surface area contributed by atoms with Crippen molar-refractivity contribution >= 4 is 5.91 Å². The first-order valence-corrected chi connectivity index (χ1v) is 9.27. The van der Waals surface area contributed by atoms with Gasteiger partial charge in [-0.2, -0.15) is 0 Å². The predicted molar refractivity (Wildman–Crippen MR) is 94.0 cm³/mol. The average molecular weight is 331 g/mol. The van der Waals surface area contributed by atoms with Crippen LogP contribution in [0.5, 0.6) is 5.75 Å². The van der Waals surface area contributed by atoms with Gasteiger partial charge in [0, 0.05) is 30.7 Å². The summed E-state index contributed by atoms with van der Waals surface area (Å²) >= 11 is 0. The molecule has 2 aliphatic rings. The van der Waals surface area contributed by atoms with Crippen LogP contribution in [0.3, 0.4) is 0 Å². The molecule has 2 fully saturated rings. The maximum absolute atomic E-state index is 12.5. The number of carbonyl (C=O) groups excluding carboxylic acids is 1. The van der Waals surface area contributed by atoms with Crippen LogP contribution >= 0.6 is 0 Å². The molecule has 0 spiro atoms. The summed E-state index contributed by atoms with van der Waals surface area (Å²) in [6.07, 6.45) is 8.73. The third kappa shape index (κ3) is 4.94. The lowest BCUT2D eigenvalue weighted by atomic mass is 9.89. The van der Waals surface area contributed by atoms with Crippen LogP contribution in [0, 0.1) is 18.8 Å². The molecule has 0 bridgehead atoms. The van der Waals surface area contributed by atoms with E-state index in [9.17, 15) is 4.79 Å². The van der Waals surface area contributed by atoms with Crippen molar-refractivity contribution < 1.29 is 9.53 Å². The van der Waals surface area contributed by atoms with Crippen LogP contribution in [0.15, 0.2) is 18.3 Å². The van der Waals surface area contributed by atoms with Crippen molar-refractivity contribution in [1.29, 1.82) is 0 Å². The summed E-state index contributed by atoms with van der Waals surface area (Å²) in [5.41, 5.74) is 0.987. The molecule has 1 aliphatic carbocycles. The molecule has 5 nitrogen and oxygen atoms in total. The fourth-order valence-electron chi connectivity index (χ4n) is 3.68. The predicted octanol–water partition coefficient (Wildman–Crippen LogP) is 2.44. The second-order valence-electron chi connectivity index (χ2n) is 7.25. The van der Waals surface area contributed by atoms with E-state index < -0.39 is 0 Å². The van der Waals surface area contributed by atoms with E-state index in [0.29, 0.717) is 18.6 Å². The number of carbonyl (C=O) groups is 1. The summed E-state index contributed by atoms with van der Waals surface area (Å²) < 4.78 is 5.84. The minimum atomic E-state index is 0.0606. The van der Waals surface area contributed by atoms with Crippen molar-refractivity contribution in [2.75, 3.05) is 19.7 Å². The third-order valence-corrected chi connectivity index (χ3v) is 5.13. The summed E-state index contributed by atoms with van der Waals surface area (Å²) in [6, 6.07) is 4.29. The highest BCUT2D eigenvalue weighted by molar-refractivity contribution is 5.79. The third-order valence-electron chi connectivity index (χ3n) is 5.13. The first-order chi connectivity index (χ1) is 11.7. The fraction of sp³-hybridized carbons (Fsp3) is 0.684. The molecule has 0 unspecified atom stereocenters. The standard InChI is InChI=1S/C19H29N3O2/c1-14-7-8-18(12-21-14)24-13-15-9-16(11-20-10-15)19(23)22-17-5-3-2-4-6-17/h7-8,12,15-17,20H,2-6,9-11,13H2,1H3,(H,22,23)/t15-,16+/m0/s1. The van der Waals surface area contributed by atoms with Gasteiger partial charge < -0.3 is 15.4 Å². The molecule has 0 radical (unpaired) electrons. The number of amides is 1. The summed E-state index contributed by atoms with van der Waals surface area (Å²) in [5, 5.41) is 6.65. The normalized spacial score (nSPS) is 25.2. The molecule has 1 saturated carbocycles. The molecule has 1 amide bonds. The monoisotopic (exact) mass is 331 g/mol. The molecule has 2 heterocycles. The Hall–Kier alpha value is -1.62. The van der Waals surface area contributed by atoms with E-state index in [0.717, 1.165) is 43.8 Å². The molecule has 24 heavy (non-hydrogen) atoms. The topological polar surface area (TPSA) is 63.2 Å². The molecule has 2 N–H and O–H groups in total. The average Bonchev–Trinajstić information content (AvgIpc) is 2.62. The first-order valence-electron chi connectivity index (χ1n) is 9.27. The van der Waals surface area contributed by atoms with Gasteiger partial charge in [0.25, 0.3) is 0 Å². The summed E-state index contributed by atoms with van der Waals surface area (Å²) in [7, 11) is 0. The van der Waals surface area contributed by atoms with Crippen molar-refractivity contribution in [3.8, 4) is 5.75 Å². The molecule has 3 rings (SSSR count). The van der Waals surface area contributed by atoms with Gasteiger partial charge in [0.15, 0.2) is 0 Å². The first kappa shape index (κ1) is 17.2. The molecule has 1 saturated heterocycles. The Morgan fingerprint density at radius 3 is 2.88 bits per heavy atom. The Kier molecular flexibility index (Phi) is 6.07. The van der Waals surface area contributed by atoms with E-state index in [2.05, 4.69) is 15.6 Å². The Morgan fingerprint density at radius 1 is 1.29 bits per heavy atom. The molecule has 132 valence electrons. The number of ether oxygens (including phenoxy) is 1. The summed E-state index contributed by atoms with van der Waals surface area (Å²) in [6.45, 7) is 4.28. The van der Waals surface area contributed by atoms with E-state index in [1.54, 1.807) is 6.20 Å². The maximum atomic E-state index is 12.5. The summed E-state index contributed by atoms with van der Waals surface area (Å²) in [5.74, 6) is 1.44. The molecular formula is C19H29N3O2. The Morgan fingerprint density at radius 2 is 2.12 bits per heavy atom. The minimum absolute atomic E-state index is 0.0606. The fourth-order valence-corrected chi connectivity index (χ4v) is 3.68. The summed E-state index contributed by atoms with van der Waals surface area (Å²) in [4.78, 5) is 16.8. The van der Waals surface area contributed by atoms with Crippen LogP contribution in [0.1, 0.15) is 44.2 Å². The molecule has 1 aromatic heterocycles. The van der Waals surface area contributed by atoms with Crippen molar-refractivity contribution in [3.05, 3.63) is 24.0 Å². The Labute approximate surface area is 144 Å². The van der Waals surface area contributed by atoms with Gasteiger partial charge in [-0.15, -0.1) is 0 Å². The van der Waals surface area contributed by atoms with Gasteiger partial charge in [-0.1, -0.05) is 19.3 Å². The van der Waals surface area contributed by atoms with Crippen LogP contribution in [-0.2, 0) is 4.79 Å². The Bertz CT molecular complexity index is 526. The van der Waals surface area contributed by atoms with E-state index in [1.165, 1.54) is 19.3 Å². The number of hydrogen-bond acceptors (Lipinski definition) is 4. The molecular weight excluding hydrogens is 302 g/mol. The van der Waals surface area contributed by atoms with E-state index in [-0.39, 0.29) is 11.8 Å². The second-order valence-corrected chi connectivity index (χ2v) is 7.25. The number of piperidine rings is 1. The molecule has 0 aromatic carbocycles. The van der Waals surface area contributed by atoms with Crippen LogP contribution in [0.4, 0.5) is 0 Å². The van der Waals surface area contributed by atoms with Crippen LogP contribution < -0.4 is 15.4 Å². The number of aryl methyl sites for hydroxylation is 1. The zero-order chi connectivity index (χ0) is 16.8. The van der Waals surface area contributed by atoms with Crippen LogP contribution in [0.25, 0.3) is 0 Å². The van der Waals surface area contributed by atoms with Gasteiger partial charge in [-0.05, 0) is 38.3 Å². The molecule has 1 aliphatic heterocycles. The van der Waals surface area contributed by atoms with E-state index >= 15 is 0 Å². The smallest absolute Gasteiger partial charge is 0.224 e. The lowest BCUT2D eigenvalue weighted by molar-refractivity contribution is -0.127. The zero-order valence-corrected chi connectivity index (χ0v) is 14.6. The van der Waals surface area contributed by atoms with Crippen molar-refractivity contribution in [2.24, 2.45) is 11.8 Å². The number of nitrogens with zero attached hydrogens (tertiary/aromatic N) is 1. The van der Waals surface area contributed by atoms with Gasteiger partial charge in [-0.25, -0.2) is 0 Å². The highest BCUT2D eigenvalue weighted by atomic mass is 16.5. The van der Waals surface area contributed by atoms with Crippen molar-refractivity contribution in [1.82, 2.24) is 15.6 Å². The van der Waals surface area contributed by atoms with Crippen molar-refractivity contribution in [3.63, 3.8) is 0 Å². The zero-order valence-electron chi connectivity index (χ0n) is 14.6. The Balaban J connectivity index is 1.44. The van der Waals surface area contributed by atoms with E-state index in [4.69, 9.17) is 4.74 Å². The van der Waals surface area contributed by atoms with Gasteiger partial charge in [-0.3, -0.25) is 9.78 Å². The lowest BCUT2D eigenvalue weighted by Gasteiger charge is -2.31. The minimum Gasteiger partial charge on any atom is -0.492 e. The van der Waals surface area contributed by atoms with Crippen molar-refractivity contribution in [2.45, 2.75) is 51.5 Å². The largest absolute Gasteiger partial charge is 0.492 e. The number of pyridine rings is 1. The van der Waals surface area contributed by atoms with Gasteiger partial charge >= 0.3 is 0 Å². The number of hydrogen-bond donors (Lipinski definition) is 2. The van der Waals surface area contributed by atoms with Crippen LogP contribution in [-0.4, -0.2) is 36.6 Å². The molecule has 1 aromatic rings. The molecule has 2 atom stereocenters. The SMILES string of the molecule is Cc1ccc(OC[C@@H]2CNC[C@H](C(=O)NC3CCCCC3)C2)cn1. The molecule has 5 heteroatoms. The van der Waals surface area contributed by atoms with Gasteiger partial charge in [0.05, 0.1) is 18.7 Å². The number of nitrogens with one attached hydrogen (secondary N) is 2. The maximum Gasteiger partial charge on any atom is 0.224 e. The number of aromatic nitrogens is 1. The van der Waals surface area contributed by atoms with Gasteiger partial charge in [0.1, 0.15) is 5.75 Å². The lowest BCUT2D eigenvalue weighted by Crippen LogP contribution is -2.48. The van der Waals surface area contributed by atoms with E-state index in [1.807, 2.05) is 19.1 Å². The van der Waals surface area contributed by atoms with Crippen LogP contribution in [0.2, 0.25) is 0 Å². The highest BCUT2D eigenvalue weighted by Gasteiger charge is 2.29. The second kappa shape index (κ2) is 8.47.